The topological polar surface area (TPSA) is 64.1 Å². The van der Waals surface area contributed by atoms with Gasteiger partial charge in [-0.15, -0.1) is 0 Å². The van der Waals surface area contributed by atoms with Gasteiger partial charge in [0.2, 0.25) is 0 Å². The summed E-state index contributed by atoms with van der Waals surface area (Å²) < 4.78 is 5.11. The van der Waals surface area contributed by atoms with Crippen LogP contribution in [0, 0.1) is 0 Å². The molecule has 18 heavy (non-hydrogen) atoms. The van der Waals surface area contributed by atoms with E-state index in [0.717, 1.165) is 11.3 Å². The van der Waals surface area contributed by atoms with Gasteiger partial charge in [-0.3, -0.25) is 4.79 Å². The molecule has 5 nitrogen and oxygen atoms in total. The van der Waals surface area contributed by atoms with Gasteiger partial charge in [0, 0.05) is 12.7 Å². The number of carbonyl (C=O) groups is 1. The fourth-order valence-corrected chi connectivity index (χ4v) is 1.48. The molecule has 0 aliphatic carbocycles. The molecule has 0 radical (unpaired) electrons. The Hall–Kier alpha value is -2.43. The van der Waals surface area contributed by atoms with Crippen LogP contribution in [0.25, 0.3) is 0 Å². The van der Waals surface area contributed by atoms with Gasteiger partial charge in [0.05, 0.1) is 7.11 Å². The van der Waals surface area contributed by atoms with E-state index in [-0.39, 0.29) is 5.91 Å². The van der Waals surface area contributed by atoms with Crippen LogP contribution in [0.2, 0.25) is 0 Å². The van der Waals surface area contributed by atoms with Gasteiger partial charge in [0.1, 0.15) is 17.8 Å². The van der Waals surface area contributed by atoms with Crippen LogP contribution >= 0.6 is 0 Å². The van der Waals surface area contributed by atoms with Crippen LogP contribution in [-0.2, 0) is 6.54 Å². The Labute approximate surface area is 105 Å². The van der Waals surface area contributed by atoms with Crippen molar-refractivity contribution in [3.63, 3.8) is 0 Å². The first-order chi connectivity index (χ1) is 8.79. The largest absolute Gasteiger partial charge is 0.497 e. The molecular formula is C13H13N3O2. The first-order valence-corrected chi connectivity index (χ1v) is 5.47. The van der Waals surface area contributed by atoms with E-state index in [1.807, 2.05) is 24.3 Å². The number of hydrogen-bond acceptors (Lipinski definition) is 4. The fraction of sp³-hybridized carbons (Fsp3) is 0.154. The molecular weight excluding hydrogens is 230 g/mol. The zero-order valence-corrected chi connectivity index (χ0v) is 9.96. The molecule has 0 fully saturated rings. The van der Waals surface area contributed by atoms with Gasteiger partial charge < -0.3 is 10.1 Å². The van der Waals surface area contributed by atoms with Crippen molar-refractivity contribution in [2.24, 2.45) is 0 Å². The second-order valence-electron chi connectivity index (χ2n) is 3.63. The molecule has 5 heteroatoms. The summed E-state index contributed by atoms with van der Waals surface area (Å²) in [5.74, 6) is 0.545. The SMILES string of the molecule is COc1cccc(CNC(=O)c2ccncn2)c1. The molecule has 2 rings (SSSR count). The number of methoxy groups -OCH3 is 1. The second kappa shape index (κ2) is 5.77. The van der Waals surface area contributed by atoms with E-state index in [0.29, 0.717) is 12.2 Å². The minimum Gasteiger partial charge on any atom is -0.497 e. The maximum absolute atomic E-state index is 11.7. The monoisotopic (exact) mass is 243 g/mol. The average Bonchev–Trinajstić information content (AvgIpc) is 2.46. The zero-order valence-electron chi connectivity index (χ0n) is 9.96. The van der Waals surface area contributed by atoms with Crippen LogP contribution in [0.5, 0.6) is 5.75 Å². The highest BCUT2D eigenvalue weighted by atomic mass is 16.5. The molecule has 0 saturated carbocycles. The van der Waals surface area contributed by atoms with E-state index in [9.17, 15) is 4.79 Å². The number of hydrogen-bond donors (Lipinski definition) is 1. The Morgan fingerprint density at radius 3 is 3.00 bits per heavy atom. The molecule has 1 amide bonds. The predicted octanol–water partition coefficient (Wildman–Crippen LogP) is 1.42. The van der Waals surface area contributed by atoms with Crippen molar-refractivity contribution in [1.29, 1.82) is 0 Å². The summed E-state index contributed by atoms with van der Waals surface area (Å²) in [5, 5.41) is 2.78. The number of benzene rings is 1. The van der Waals surface area contributed by atoms with Crippen LogP contribution in [0.15, 0.2) is 42.9 Å². The summed E-state index contributed by atoms with van der Waals surface area (Å²) in [6.07, 6.45) is 2.88. The first kappa shape index (κ1) is 12.0. The van der Waals surface area contributed by atoms with Crippen molar-refractivity contribution in [1.82, 2.24) is 15.3 Å². The van der Waals surface area contributed by atoms with Crippen molar-refractivity contribution >= 4 is 5.91 Å². The second-order valence-corrected chi connectivity index (χ2v) is 3.63. The van der Waals surface area contributed by atoms with E-state index in [1.165, 1.54) is 12.5 Å². The molecule has 0 atom stereocenters. The summed E-state index contributed by atoms with van der Waals surface area (Å²) in [5.41, 5.74) is 1.32. The minimum atomic E-state index is -0.222. The van der Waals surface area contributed by atoms with Gasteiger partial charge in [-0.05, 0) is 23.8 Å². The lowest BCUT2D eigenvalue weighted by atomic mass is 10.2. The van der Waals surface area contributed by atoms with Gasteiger partial charge in [-0.25, -0.2) is 9.97 Å². The summed E-state index contributed by atoms with van der Waals surface area (Å²) >= 11 is 0. The zero-order chi connectivity index (χ0) is 12.8. The maximum atomic E-state index is 11.7. The Balaban J connectivity index is 1.97. The smallest absolute Gasteiger partial charge is 0.270 e. The number of amides is 1. The van der Waals surface area contributed by atoms with E-state index in [1.54, 1.807) is 13.2 Å². The van der Waals surface area contributed by atoms with Crippen molar-refractivity contribution < 1.29 is 9.53 Å². The van der Waals surface area contributed by atoms with E-state index in [4.69, 9.17) is 4.74 Å². The van der Waals surface area contributed by atoms with Crippen LogP contribution in [0.1, 0.15) is 16.1 Å². The summed E-state index contributed by atoms with van der Waals surface area (Å²) in [7, 11) is 1.61. The summed E-state index contributed by atoms with van der Waals surface area (Å²) in [4.78, 5) is 19.4. The van der Waals surface area contributed by atoms with Crippen LogP contribution < -0.4 is 10.1 Å². The first-order valence-electron chi connectivity index (χ1n) is 5.47. The summed E-state index contributed by atoms with van der Waals surface area (Å²) in [6, 6.07) is 9.10. The highest BCUT2D eigenvalue weighted by Gasteiger charge is 2.05. The normalized spacial score (nSPS) is 9.83. The van der Waals surface area contributed by atoms with E-state index in [2.05, 4.69) is 15.3 Å². The average molecular weight is 243 g/mol. The third-order valence-electron chi connectivity index (χ3n) is 2.40. The maximum Gasteiger partial charge on any atom is 0.270 e. The van der Waals surface area contributed by atoms with Crippen LogP contribution in [-0.4, -0.2) is 23.0 Å². The molecule has 92 valence electrons. The lowest BCUT2D eigenvalue weighted by Crippen LogP contribution is -2.23. The number of rotatable bonds is 4. The highest BCUT2D eigenvalue weighted by Crippen LogP contribution is 2.12. The lowest BCUT2D eigenvalue weighted by molar-refractivity contribution is 0.0945. The number of carbonyl (C=O) groups excluding carboxylic acids is 1. The molecule has 1 aromatic carbocycles. The highest BCUT2D eigenvalue weighted by molar-refractivity contribution is 5.91. The number of nitrogens with zero attached hydrogens (tertiary/aromatic N) is 2. The Morgan fingerprint density at radius 2 is 2.28 bits per heavy atom. The number of aromatic nitrogens is 2. The van der Waals surface area contributed by atoms with E-state index >= 15 is 0 Å². The predicted molar refractivity (Wildman–Crippen MR) is 66.2 cm³/mol. The van der Waals surface area contributed by atoms with Gasteiger partial charge >= 0.3 is 0 Å². The van der Waals surface area contributed by atoms with Crippen LogP contribution in [0.4, 0.5) is 0 Å². The number of nitrogens with one attached hydrogen (secondary N) is 1. The third-order valence-corrected chi connectivity index (χ3v) is 2.40. The molecule has 0 unspecified atom stereocenters. The van der Waals surface area contributed by atoms with Crippen LogP contribution in [0.3, 0.4) is 0 Å². The molecule has 1 N–H and O–H groups in total. The molecule has 1 aromatic heterocycles. The van der Waals surface area contributed by atoms with E-state index < -0.39 is 0 Å². The molecule has 0 aliphatic heterocycles. The lowest BCUT2D eigenvalue weighted by Gasteiger charge is -2.06. The Bertz CT molecular complexity index is 529. The van der Waals surface area contributed by atoms with Gasteiger partial charge in [0.25, 0.3) is 5.91 Å². The molecule has 0 bridgehead atoms. The fourth-order valence-electron chi connectivity index (χ4n) is 1.48. The minimum absolute atomic E-state index is 0.222. The van der Waals surface area contributed by atoms with Gasteiger partial charge in [-0.1, -0.05) is 12.1 Å². The Morgan fingerprint density at radius 1 is 1.39 bits per heavy atom. The van der Waals surface area contributed by atoms with Crippen molar-refractivity contribution in [3.05, 3.63) is 54.1 Å². The molecule has 0 spiro atoms. The molecule has 2 aromatic rings. The molecule has 0 saturated heterocycles. The quantitative estimate of drug-likeness (QED) is 0.882. The van der Waals surface area contributed by atoms with Gasteiger partial charge in [0.15, 0.2) is 0 Å². The van der Waals surface area contributed by atoms with Crippen molar-refractivity contribution in [2.75, 3.05) is 7.11 Å². The van der Waals surface area contributed by atoms with Crippen molar-refractivity contribution in [3.8, 4) is 5.75 Å². The van der Waals surface area contributed by atoms with Crippen molar-refractivity contribution in [2.45, 2.75) is 6.54 Å². The molecule has 1 heterocycles. The Kier molecular flexibility index (Phi) is 3.86. The van der Waals surface area contributed by atoms with Gasteiger partial charge in [-0.2, -0.15) is 0 Å². The third kappa shape index (κ3) is 3.04. The summed E-state index contributed by atoms with van der Waals surface area (Å²) in [6.45, 7) is 0.431. The standard InChI is InChI=1S/C13H13N3O2/c1-18-11-4-2-3-10(7-11)8-15-13(17)12-5-6-14-9-16-12/h2-7,9H,8H2,1H3,(H,15,17). The number of ether oxygens (including phenoxy) is 1. The molecule has 0 aliphatic rings.